The Hall–Kier alpha value is -2.66. The van der Waals surface area contributed by atoms with E-state index in [4.69, 9.17) is 11.2 Å². The average molecular weight is 504 g/mol. The van der Waals surface area contributed by atoms with E-state index >= 15 is 0 Å². The molecule has 1 aromatic carbocycles. The van der Waals surface area contributed by atoms with Gasteiger partial charge in [-0.05, 0) is 78.0 Å². The van der Waals surface area contributed by atoms with Gasteiger partial charge in [0, 0.05) is 17.6 Å². The van der Waals surface area contributed by atoms with Crippen molar-refractivity contribution in [2.24, 2.45) is 0 Å². The summed E-state index contributed by atoms with van der Waals surface area (Å²) >= 11 is 1.57. The molecule has 0 bridgehead atoms. The van der Waals surface area contributed by atoms with E-state index in [0.717, 1.165) is 0 Å². The SMILES string of the molecule is C#Cc1ccccc1C(C(=O)NC(C)(C)C)N(CCC)C(=O)C(CCSC)NC(=O)OC(C)(C)C. The van der Waals surface area contributed by atoms with E-state index in [1.807, 2.05) is 34.0 Å². The van der Waals surface area contributed by atoms with Crippen LogP contribution < -0.4 is 10.6 Å². The van der Waals surface area contributed by atoms with Crippen molar-refractivity contribution in [3.8, 4) is 12.3 Å². The maximum atomic E-state index is 13.9. The highest BCUT2D eigenvalue weighted by molar-refractivity contribution is 7.98. The van der Waals surface area contributed by atoms with Crippen LogP contribution in [0.4, 0.5) is 4.79 Å². The molecule has 7 nitrogen and oxygen atoms in total. The van der Waals surface area contributed by atoms with E-state index in [0.29, 0.717) is 36.3 Å². The number of amides is 3. The minimum absolute atomic E-state index is 0.311. The summed E-state index contributed by atoms with van der Waals surface area (Å²) in [6, 6.07) is 5.32. The van der Waals surface area contributed by atoms with Crippen molar-refractivity contribution in [3.63, 3.8) is 0 Å². The van der Waals surface area contributed by atoms with E-state index < -0.39 is 29.3 Å². The summed E-state index contributed by atoms with van der Waals surface area (Å²) < 4.78 is 5.40. The van der Waals surface area contributed by atoms with Crippen molar-refractivity contribution in [1.82, 2.24) is 15.5 Å². The maximum absolute atomic E-state index is 13.9. The fourth-order valence-corrected chi connectivity index (χ4v) is 3.98. The molecule has 0 aromatic heterocycles. The van der Waals surface area contributed by atoms with Crippen molar-refractivity contribution in [1.29, 1.82) is 0 Å². The summed E-state index contributed by atoms with van der Waals surface area (Å²) in [4.78, 5) is 41.6. The fraction of sp³-hybridized carbons (Fsp3) is 0.593. The van der Waals surface area contributed by atoms with Crippen molar-refractivity contribution in [2.45, 2.75) is 84.5 Å². The lowest BCUT2D eigenvalue weighted by Crippen LogP contribution is -2.55. The number of carbonyl (C=O) groups is 3. The third kappa shape index (κ3) is 10.2. The third-order valence-electron chi connectivity index (χ3n) is 4.82. The van der Waals surface area contributed by atoms with Crippen LogP contribution in [0.2, 0.25) is 0 Å². The Balaban J connectivity index is 3.52. The minimum Gasteiger partial charge on any atom is -0.444 e. The number of ether oxygens (including phenoxy) is 1. The number of terminal acetylenes is 1. The molecular weight excluding hydrogens is 462 g/mol. The summed E-state index contributed by atoms with van der Waals surface area (Å²) in [6.07, 6.45) is 8.02. The van der Waals surface area contributed by atoms with Crippen LogP contribution in [0, 0.1) is 12.3 Å². The largest absolute Gasteiger partial charge is 0.444 e. The topological polar surface area (TPSA) is 87.7 Å². The summed E-state index contributed by atoms with van der Waals surface area (Å²) in [5.74, 6) is 2.60. The second-order valence-electron chi connectivity index (χ2n) is 10.4. The highest BCUT2D eigenvalue weighted by Gasteiger charge is 2.37. The molecule has 0 saturated heterocycles. The van der Waals surface area contributed by atoms with Crippen molar-refractivity contribution < 1.29 is 19.1 Å². The van der Waals surface area contributed by atoms with E-state index in [1.54, 1.807) is 56.8 Å². The Morgan fingerprint density at radius 2 is 1.77 bits per heavy atom. The molecule has 0 fully saturated rings. The lowest BCUT2D eigenvalue weighted by atomic mass is 9.96. The number of nitrogens with one attached hydrogen (secondary N) is 2. The van der Waals surface area contributed by atoms with Crippen molar-refractivity contribution in [2.75, 3.05) is 18.6 Å². The number of nitrogens with zero attached hydrogens (tertiary/aromatic N) is 1. The van der Waals surface area contributed by atoms with Crippen molar-refractivity contribution >= 4 is 29.7 Å². The van der Waals surface area contributed by atoms with Crippen LogP contribution in [0.15, 0.2) is 24.3 Å². The van der Waals surface area contributed by atoms with Gasteiger partial charge in [0.25, 0.3) is 0 Å². The Kier molecular flexibility index (Phi) is 11.7. The van der Waals surface area contributed by atoms with Crippen molar-refractivity contribution in [3.05, 3.63) is 35.4 Å². The van der Waals surface area contributed by atoms with Crippen LogP contribution in [0.1, 0.15) is 78.5 Å². The summed E-state index contributed by atoms with van der Waals surface area (Å²) in [7, 11) is 0. The molecule has 0 aliphatic rings. The van der Waals surface area contributed by atoms with Crippen LogP contribution in [0.5, 0.6) is 0 Å². The Morgan fingerprint density at radius 3 is 2.29 bits per heavy atom. The first kappa shape index (κ1) is 30.4. The molecule has 8 heteroatoms. The van der Waals surface area contributed by atoms with Gasteiger partial charge in [0.15, 0.2) is 0 Å². The van der Waals surface area contributed by atoms with Crippen LogP contribution in [0.25, 0.3) is 0 Å². The smallest absolute Gasteiger partial charge is 0.408 e. The first-order valence-corrected chi connectivity index (χ1v) is 13.3. The summed E-state index contributed by atoms with van der Waals surface area (Å²) in [5, 5.41) is 5.73. The van der Waals surface area contributed by atoms with Crippen LogP contribution in [-0.4, -0.2) is 58.5 Å². The van der Waals surface area contributed by atoms with Crippen LogP contribution in [0.3, 0.4) is 0 Å². The molecule has 0 spiro atoms. The van der Waals surface area contributed by atoms with Gasteiger partial charge in [0.1, 0.15) is 17.7 Å². The standard InChI is InChI=1S/C27H41N3O4S/c1-10-17-30(24(32)21(16-18-35-9)28-25(33)34-27(6,7)8)22(23(31)29-26(3,4)5)20-15-13-12-14-19(20)11-2/h2,12-15,21-22H,10,16-18H2,1,3-9H3,(H,28,33)(H,29,31). The zero-order chi connectivity index (χ0) is 26.8. The lowest BCUT2D eigenvalue weighted by molar-refractivity contribution is -0.143. The maximum Gasteiger partial charge on any atom is 0.408 e. The van der Waals surface area contributed by atoms with Gasteiger partial charge >= 0.3 is 6.09 Å². The highest BCUT2D eigenvalue weighted by Crippen LogP contribution is 2.27. The van der Waals surface area contributed by atoms with Gasteiger partial charge in [-0.25, -0.2) is 4.79 Å². The molecule has 35 heavy (non-hydrogen) atoms. The second kappa shape index (κ2) is 13.4. The molecule has 3 amide bonds. The van der Waals surface area contributed by atoms with E-state index in [1.165, 1.54) is 4.90 Å². The fourth-order valence-electron chi connectivity index (χ4n) is 3.51. The Labute approximate surface area is 215 Å². The molecule has 0 aliphatic carbocycles. The molecule has 2 atom stereocenters. The molecule has 0 aliphatic heterocycles. The first-order valence-electron chi connectivity index (χ1n) is 11.9. The lowest BCUT2D eigenvalue weighted by Gasteiger charge is -2.36. The van der Waals surface area contributed by atoms with E-state index in [2.05, 4.69) is 16.6 Å². The van der Waals surface area contributed by atoms with Crippen LogP contribution >= 0.6 is 11.8 Å². The number of carbonyl (C=O) groups excluding carboxylic acids is 3. The summed E-state index contributed by atoms with van der Waals surface area (Å²) in [5.41, 5.74) is -0.120. The normalized spacial score (nSPS) is 13.2. The third-order valence-corrected chi connectivity index (χ3v) is 5.46. The summed E-state index contributed by atoms with van der Waals surface area (Å²) in [6.45, 7) is 13.2. The number of alkyl carbamates (subject to hydrolysis) is 1. The monoisotopic (exact) mass is 503 g/mol. The number of hydrogen-bond donors (Lipinski definition) is 2. The van der Waals surface area contributed by atoms with Crippen LogP contribution in [-0.2, 0) is 14.3 Å². The number of benzene rings is 1. The zero-order valence-corrected chi connectivity index (χ0v) is 23.2. The molecular formula is C27H41N3O4S. The van der Waals surface area contributed by atoms with E-state index in [9.17, 15) is 14.4 Å². The number of thioether (sulfide) groups is 1. The molecule has 2 N–H and O–H groups in total. The van der Waals surface area contributed by atoms with Gasteiger partial charge < -0.3 is 20.3 Å². The predicted molar refractivity (Wildman–Crippen MR) is 143 cm³/mol. The number of hydrogen-bond acceptors (Lipinski definition) is 5. The predicted octanol–water partition coefficient (Wildman–Crippen LogP) is 4.51. The molecule has 2 unspecified atom stereocenters. The minimum atomic E-state index is -0.953. The molecule has 1 aromatic rings. The second-order valence-corrected chi connectivity index (χ2v) is 11.4. The van der Waals surface area contributed by atoms with E-state index in [-0.39, 0.29) is 11.8 Å². The number of rotatable bonds is 10. The molecule has 1 rings (SSSR count). The first-order chi connectivity index (χ1) is 16.2. The Morgan fingerprint density at radius 1 is 1.14 bits per heavy atom. The van der Waals surface area contributed by atoms with Gasteiger partial charge in [0.05, 0.1) is 0 Å². The molecule has 0 radical (unpaired) electrons. The van der Waals surface area contributed by atoms with Gasteiger partial charge in [0.2, 0.25) is 11.8 Å². The molecule has 194 valence electrons. The highest BCUT2D eigenvalue weighted by atomic mass is 32.2. The quantitative estimate of drug-likeness (QED) is 0.459. The average Bonchev–Trinajstić information content (AvgIpc) is 2.73. The van der Waals surface area contributed by atoms with Gasteiger partial charge in [-0.15, -0.1) is 6.42 Å². The molecule has 0 saturated carbocycles. The zero-order valence-electron chi connectivity index (χ0n) is 22.4. The molecule has 0 heterocycles. The van der Waals surface area contributed by atoms with Gasteiger partial charge in [-0.2, -0.15) is 11.8 Å². The van der Waals surface area contributed by atoms with Gasteiger partial charge in [-0.1, -0.05) is 31.0 Å². The van der Waals surface area contributed by atoms with Gasteiger partial charge in [-0.3, -0.25) is 9.59 Å². The Bertz CT molecular complexity index is 912.